The maximum Gasteiger partial charge on any atom is 0.433 e. The Balaban J connectivity index is 2.09. The largest absolute Gasteiger partial charge is 0.433 e. The number of likely N-dealkylation sites (tertiary alicyclic amines) is 1. The minimum atomic E-state index is -4.43. The van der Waals surface area contributed by atoms with E-state index in [4.69, 9.17) is 5.73 Å². The maximum atomic E-state index is 12.8. The molecule has 0 unspecified atom stereocenters. The van der Waals surface area contributed by atoms with Crippen molar-refractivity contribution >= 4 is 5.91 Å². The summed E-state index contributed by atoms with van der Waals surface area (Å²) in [5.41, 5.74) is 3.95. The first kappa shape index (κ1) is 13.9. The molecule has 1 aliphatic rings. The lowest BCUT2D eigenvalue weighted by Gasteiger charge is -2.45. The van der Waals surface area contributed by atoms with Gasteiger partial charge in [-0.3, -0.25) is 14.4 Å². The van der Waals surface area contributed by atoms with Crippen molar-refractivity contribution in [2.24, 2.45) is 18.2 Å². The number of hydrogen-bond acceptors (Lipinski definition) is 3. The average molecular weight is 276 g/mol. The van der Waals surface area contributed by atoms with Crippen LogP contribution < -0.4 is 5.73 Å². The SMILES string of the molecule is Cn1ncc(CN2CC(C)(C(N)=O)C2)c1C(F)(F)F. The molecule has 1 aromatic rings. The summed E-state index contributed by atoms with van der Waals surface area (Å²) in [6.45, 7) is 2.56. The van der Waals surface area contributed by atoms with Crippen LogP contribution in [0.3, 0.4) is 0 Å². The molecule has 1 aliphatic heterocycles. The summed E-state index contributed by atoms with van der Waals surface area (Å²) < 4.78 is 39.3. The number of primary amides is 1. The third kappa shape index (κ3) is 2.44. The Labute approximate surface area is 108 Å². The molecule has 1 aromatic heterocycles. The van der Waals surface area contributed by atoms with Gasteiger partial charge in [-0.25, -0.2) is 0 Å². The molecule has 1 amide bonds. The van der Waals surface area contributed by atoms with E-state index in [1.165, 1.54) is 13.2 Å². The number of hydrogen-bond donors (Lipinski definition) is 1. The Kier molecular flexibility index (Phi) is 3.08. The van der Waals surface area contributed by atoms with Gasteiger partial charge >= 0.3 is 6.18 Å². The fourth-order valence-corrected chi connectivity index (χ4v) is 2.41. The van der Waals surface area contributed by atoms with Crippen molar-refractivity contribution in [1.29, 1.82) is 0 Å². The third-order valence-electron chi connectivity index (χ3n) is 3.42. The second-order valence-electron chi connectivity index (χ2n) is 5.21. The molecule has 0 aromatic carbocycles. The van der Waals surface area contributed by atoms with E-state index in [0.29, 0.717) is 13.1 Å². The van der Waals surface area contributed by atoms with Gasteiger partial charge in [-0.15, -0.1) is 0 Å². The van der Waals surface area contributed by atoms with Crippen molar-refractivity contribution in [3.05, 3.63) is 17.5 Å². The van der Waals surface area contributed by atoms with Crippen LogP contribution in [0.1, 0.15) is 18.2 Å². The fourth-order valence-electron chi connectivity index (χ4n) is 2.41. The number of carbonyl (C=O) groups excluding carboxylic acids is 1. The Morgan fingerprint density at radius 1 is 1.53 bits per heavy atom. The van der Waals surface area contributed by atoms with Crippen molar-refractivity contribution in [3.8, 4) is 0 Å². The zero-order chi connectivity index (χ0) is 14.4. The van der Waals surface area contributed by atoms with Gasteiger partial charge < -0.3 is 5.73 Å². The topological polar surface area (TPSA) is 64.2 Å². The van der Waals surface area contributed by atoms with Crippen LogP contribution >= 0.6 is 0 Å². The number of alkyl halides is 3. The van der Waals surface area contributed by atoms with Crippen LogP contribution in [0.5, 0.6) is 0 Å². The molecule has 0 radical (unpaired) electrons. The third-order valence-corrected chi connectivity index (χ3v) is 3.42. The van der Waals surface area contributed by atoms with Crippen LogP contribution in [0, 0.1) is 5.41 Å². The standard InChI is InChI=1S/C11H15F3N4O/c1-10(9(15)19)5-18(6-10)4-7-3-16-17(2)8(7)11(12,13)14/h3H,4-6H2,1-2H3,(H2,15,19). The molecule has 2 heterocycles. The molecule has 106 valence electrons. The molecule has 19 heavy (non-hydrogen) atoms. The smallest absolute Gasteiger partial charge is 0.369 e. The zero-order valence-electron chi connectivity index (χ0n) is 10.7. The summed E-state index contributed by atoms with van der Waals surface area (Å²) in [7, 11) is 1.26. The predicted molar refractivity (Wildman–Crippen MR) is 60.8 cm³/mol. The molecule has 5 nitrogen and oxygen atoms in total. The van der Waals surface area contributed by atoms with Gasteiger partial charge in [0.15, 0.2) is 0 Å². The maximum absolute atomic E-state index is 12.8. The van der Waals surface area contributed by atoms with Crippen LogP contribution in [-0.4, -0.2) is 33.7 Å². The molecule has 1 saturated heterocycles. The first-order valence-electron chi connectivity index (χ1n) is 5.74. The van der Waals surface area contributed by atoms with E-state index in [-0.39, 0.29) is 12.1 Å². The van der Waals surface area contributed by atoms with Crippen molar-refractivity contribution in [2.75, 3.05) is 13.1 Å². The Hall–Kier alpha value is -1.57. The van der Waals surface area contributed by atoms with E-state index in [1.807, 2.05) is 0 Å². The van der Waals surface area contributed by atoms with Gasteiger partial charge in [-0.05, 0) is 6.92 Å². The van der Waals surface area contributed by atoms with E-state index in [2.05, 4.69) is 5.10 Å². The quantitative estimate of drug-likeness (QED) is 0.886. The van der Waals surface area contributed by atoms with Gasteiger partial charge in [0.05, 0.1) is 11.6 Å². The monoisotopic (exact) mass is 276 g/mol. The number of nitrogens with zero attached hydrogens (tertiary/aromatic N) is 3. The number of aryl methyl sites for hydroxylation is 1. The van der Waals surface area contributed by atoms with Crippen LogP contribution in [0.15, 0.2) is 6.20 Å². The summed E-state index contributed by atoms with van der Waals surface area (Å²) in [5.74, 6) is -0.425. The summed E-state index contributed by atoms with van der Waals surface area (Å²) in [5, 5.41) is 3.64. The van der Waals surface area contributed by atoms with Gasteiger partial charge in [0.2, 0.25) is 5.91 Å². The highest BCUT2D eigenvalue weighted by atomic mass is 19.4. The number of halogens is 3. The van der Waals surface area contributed by atoms with Gasteiger partial charge in [-0.1, -0.05) is 0 Å². The Bertz CT molecular complexity index is 503. The second kappa shape index (κ2) is 4.22. The van der Waals surface area contributed by atoms with Gasteiger partial charge in [0.1, 0.15) is 5.69 Å². The summed E-state index contributed by atoms with van der Waals surface area (Å²) in [6, 6.07) is 0. The molecule has 0 atom stereocenters. The average Bonchev–Trinajstić information content (AvgIpc) is 2.56. The van der Waals surface area contributed by atoms with E-state index < -0.39 is 23.2 Å². The molecule has 0 spiro atoms. The first-order chi connectivity index (χ1) is 8.63. The summed E-state index contributed by atoms with van der Waals surface area (Å²) >= 11 is 0. The molecule has 2 rings (SSSR count). The second-order valence-corrected chi connectivity index (χ2v) is 5.21. The van der Waals surface area contributed by atoms with Gasteiger partial charge in [0.25, 0.3) is 0 Å². The van der Waals surface area contributed by atoms with Gasteiger partial charge in [0, 0.05) is 32.2 Å². The van der Waals surface area contributed by atoms with Crippen LogP contribution in [0.25, 0.3) is 0 Å². The lowest BCUT2D eigenvalue weighted by Crippen LogP contribution is -2.60. The minimum absolute atomic E-state index is 0.113. The van der Waals surface area contributed by atoms with E-state index in [1.54, 1.807) is 11.8 Å². The minimum Gasteiger partial charge on any atom is -0.369 e. The molecular weight excluding hydrogens is 261 g/mol. The first-order valence-corrected chi connectivity index (χ1v) is 5.74. The van der Waals surface area contributed by atoms with E-state index in [9.17, 15) is 18.0 Å². The highest BCUT2D eigenvalue weighted by Crippen LogP contribution is 2.35. The van der Waals surface area contributed by atoms with Gasteiger partial charge in [-0.2, -0.15) is 18.3 Å². The molecule has 1 fully saturated rings. The molecule has 0 saturated carbocycles. The fraction of sp³-hybridized carbons (Fsp3) is 0.636. The Morgan fingerprint density at radius 3 is 2.58 bits per heavy atom. The summed E-state index contributed by atoms with van der Waals surface area (Å²) in [4.78, 5) is 12.9. The number of amides is 1. The van der Waals surface area contributed by atoms with Crippen molar-refractivity contribution < 1.29 is 18.0 Å². The zero-order valence-corrected chi connectivity index (χ0v) is 10.7. The number of rotatable bonds is 3. The summed E-state index contributed by atoms with van der Waals surface area (Å²) in [6.07, 6.45) is -3.22. The highest BCUT2D eigenvalue weighted by molar-refractivity contribution is 5.82. The van der Waals surface area contributed by atoms with E-state index >= 15 is 0 Å². The van der Waals surface area contributed by atoms with E-state index in [0.717, 1.165) is 4.68 Å². The Morgan fingerprint density at radius 2 is 2.11 bits per heavy atom. The molecular formula is C11H15F3N4O. The lowest BCUT2D eigenvalue weighted by molar-refractivity contribution is -0.146. The number of aromatic nitrogens is 2. The molecule has 0 bridgehead atoms. The highest BCUT2D eigenvalue weighted by Gasteiger charge is 2.45. The van der Waals surface area contributed by atoms with Crippen LogP contribution in [0.2, 0.25) is 0 Å². The lowest BCUT2D eigenvalue weighted by atomic mass is 9.81. The normalized spacial score (nSPS) is 19.2. The van der Waals surface area contributed by atoms with Crippen molar-refractivity contribution in [3.63, 3.8) is 0 Å². The molecule has 2 N–H and O–H groups in total. The molecule has 0 aliphatic carbocycles. The molecule has 8 heteroatoms. The van der Waals surface area contributed by atoms with Crippen molar-refractivity contribution in [1.82, 2.24) is 14.7 Å². The van der Waals surface area contributed by atoms with Crippen LogP contribution in [0.4, 0.5) is 13.2 Å². The number of nitrogens with two attached hydrogens (primary N) is 1. The van der Waals surface area contributed by atoms with Crippen molar-refractivity contribution in [2.45, 2.75) is 19.6 Å². The predicted octanol–water partition coefficient (Wildman–Crippen LogP) is 0.746. The van der Waals surface area contributed by atoms with Crippen LogP contribution in [-0.2, 0) is 24.6 Å². The number of carbonyl (C=O) groups is 1.